The fraction of sp³-hybridized carbons (Fsp3) is 0.438. The van der Waals surface area contributed by atoms with Crippen molar-refractivity contribution in [3.8, 4) is 17.2 Å². The SMILES string of the molecule is COc1ccc(C(=O)OCC(=O)N2CCCC2=O)c(OC)c1OC. The molecule has 1 aliphatic rings. The first kappa shape index (κ1) is 17.6. The molecule has 0 atom stereocenters. The number of methoxy groups -OCH3 is 3. The Hall–Kier alpha value is -2.77. The number of imide groups is 1. The maximum absolute atomic E-state index is 12.2. The summed E-state index contributed by atoms with van der Waals surface area (Å²) in [5.74, 6) is -0.760. The lowest BCUT2D eigenvalue weighted by atomic mass is 10.1. The molecule has 0 aliphatic carbocycles. The first-order chi connectivity index (χ1) is 11.5. The third-order valence-corrected chi connectivity index (χ3v) is 3.63. The van der Waals surface area contributed by atoms with Gasteiger partial charge in [0.15, 0.2) is 18.1 Å². The molecule has 2 amide bonds. The topological polar surface area (TPSA) is 91.4 Å². The van der Waals surface area contributed by atoms with Gasteiger partial charge in [-0.1, -0.05) is 0 Å². The van der Waals surface area contributed by atoms with Gasteiger partial charge >= 0.3 is 5.97 Å². The second-order valence-electron chi connectivity index (χ2n) is 5.00. The summed E-state index contributed by atoms with van der Waals surface area (Å²) in [5, 5.41) is 0. The van der Waals surface area contributed by atoms with Crippen LogP contribution in [-0.4, -0.2) is 57.2 Å². The third-order valence-electron chi connectivity index (χ3n) is 3.63. The van der Waals surface area contributed by atoms with E-state index in [0.29, 0.717) is 25.1 Å². The van der Waals surface area contributed by atoms with Crippen molar-refractivity contribution in [1.82, 2.24) is 4.90 Å². The largest absolute Gasteiger partial charge is 0.493 e. The number of likely N-dealkylation sites (tertiary alicyclic amines) is 1. The van der Waals surface area contributed by atoms with Gasteiger partial charge in [0.2, 0.25) is 11.7 Å². The molecule has 0 aromatic heterocycles. The lowest BCUT2D eigenvalue weighted by molar-refractivity contribution is -0.143. The molecule has 0 radical (unpaired) electrons. The zero-order chi connectivity index (χ0) is 17.7. The van der Waals surface area contributed by atoms with Gasteiger partial charge in [0.05, 0.1) is 21.3 Å². The van der Waals surface area contributed by atoms with Crippen LogP contribution in [0, 0.1) is 0 Å². The monoisotopic (exact) mass is 337 g/mol. The van der Waals surface area contributed by atoms with Gasteiger partial charge in [-0.2, -0.15) is 0 Å². The quantitative estimate of drug-likeness (QED) is 0.716. The van der Waals surface area contributed by atoms with Gasteiger partial charge in [0.25, 0.3) is 5.91 Å². The summed E-state index contributed by atoms with van der Waals surface area (Å²) in [6, 6.07) is 2.98. The van der Waals surface area contributed by atoms with Crippen molar-refractivity contribution in [3.63, 3.8) is 0 Å². The summed E-state index contributed by atoms with van der Waals surface area (Å²) < 4.78 is 20.5. The second-order valence-corrected chi connectivity index (χ2v) is 5.00. The van der Waals surface area contributed by atoms with Crippen molar-refractivity contribution in [2.45, 2.75) is 12.8 Å². The summed E-state index contributed by atoms with van der Waals surface area (Å²) >= 11 is 0. The Labute approximate surface area is 139 Å². The Bertz CT molecular complexity index is 656. The van der Waals surface area contributed by atoms with Crippen molar-refractivity contribution in [3.05, 3.63) is 17.7 Å². The van der Waals surface area contributed by atoms with Crippen LogP contribution in [-0.2, 0) is 14.3 Å². The van der Waals surface area contributed by atoms with E-state index in [2.05, 4.69) is 0 Å². The second kappa shape index (κ2) is 7.67. The number of carbonyl (C=O) groups is 3. The lowest BCUT2D eigenvalue weighted by Crippen LogP contribution is -2.35. The van der Waals surface area contributed by atoms with Crippen LogP contribution in [0.5, 0.6) is 17.2 Å². The molecule has 0 saturated carbocycles. The van der Waals surface area contributed by atoms with Crippen LogP contribution in [0.2, 0.25) is 0 Å². The van der Waals surface area contributed by atoms with Gasteiger partial charge in [-0.15, -0.1) is 0 Å². The highest BCUT2D eigenvalue weighted by Crippen LogP contribution is 2.39. The highest BCUT2D eigenvalue weighted by molar-refractivity contribution is 5.99. The maximum Gasteiger partial charge on any atom is 0.342 e. The minimum Gasteiger partial charge on any atom is -0.493 e. The fourth-order valence-electron chi connectivity index (χ4n) is 2.46. The number of carbonyl (C=O) groups excluding carboxylic acids is 3. The predicted molar refractivity (Wildman–Crippen MR) is 82.3 cm³/mol. The third kappa shape index (κ3) is 3.42. The Balaban J connectivity index is 2.12. The van der Waals surface area contributed by atoms with Crippen molar-refractivity contribution < 1.29 is 33.3 Å². The van der Waals surface area contributed by atoms with E-state index in [1.165, 1.54) is 33.5 Å². The molecule has 2 rings (SSSR count). The molecule has 8 heteroatoms. The van der Waals surface area contributed by atoms with E-state index >= 15 is 0 Å². The molecule has 1 aromatic carbocycles. The van der Waals surface area contributed by atoms with Gasteiger partial charge in [0.1, 0.15) is 5.56 Å². The standard InChI is InChI=1S/C16H19NO7/c1-21-11-7-6-10(14(22-2)15(11)23-3)16(20)24-9-13(19)17-8-4-5-12(17)18/h6-7H,4-5,8-9H2,1-3H3. The summed E-state index contributed by atoms with van der Waals surface area (Å²) in [4.78, 5) is 36.8. The zero-order valence-corrected chi connectivity index (χ0v) is 13.8. The first-order valence-electron chi connectivity index (χ1n) is 7.32. The minimum atomic E-state index is -0.757. The van der Waals surface area contributed by atoms with Gasteiger partial charge in [-0.3, -0.25) is 14.5 Å². The van der Waals surface area contributed by atoms with E-state index in [4.69, 9.17) is 18.9 Å². The number of hydrogen-bond donors (Lipinski definition) is 0. The van der Waals surface area contributed by atoms with Crippen LogP contribution in [0.25, 0.3) is 0 Å². The summed E-state index contributed by atoms with van der Waals surface area (Å²) in [7, 11) is 4.25. The van der Waals surface area contributed by atoms with Gasteiger partial charge < -0.3 is 18.9 Å². The normalized spacial score (nSPS) is 13.6. The molecule has 1 fully saturated rings. The van der Waals surface area contributed by atoms with E-state index in [9.17, 15) is 14.4 Å². The molecular formula is C16H19NO7. The van der Waals surface area contributed by atoms with Gasteiger partial charge in [-0.25, -0.2) is 4.79 Å². The van der Waals surface area contributed by atoms with Gasteiger partial charge in [-0.05, 0) is 18.6 Å². The number of esters is 1. The average Bonchev–Trinajstić information content (AvgIpc) is 3.03. The van der Waals surface area contributed by atoms with E-state index in [-0.39, 0.29) is 23.0 Å². The maximum atomic E-state index is 12.2. The highest BCUT2D eigenvalue weighted by atomic mass is 16.5. The lowest BCUT2D eigenvalue weighted by Gasteiger charge is -2.16. The number of ether oxygens (including phenoxy) is 4. The van der Waals surface area contributed by atoms with Crippen LogP contribution >= 0.6 is 0 Å². The molecule has 0 bridgehead atoms. The average molecular weight is 337 g/mol. The number of nitrogens with zero attached hydrogens (tertiary/aromatic N) is 1. The van der Waals surface area contributed by atoms with Crippen molar-refractivity contribution >= 4 is 17.8 Å². The van der Waals surface area contributed by atoms with Crippen molar-refractivity contribution in [2.75, 3.05) is 34.5 Å². The number of benzene rings is 1. The van der Waals surface area contributed by atoms with E-state index in [1.54, 1.807) is 0 Å². The first-order valence-corrected chi connectivity index (χ1v) is 7.32. The predicted octanol–water partition coefficient (Wildman–Crippen LogP) is 1.02. The van der Waals surface area contributed by atoms with E-state index < -0.39 is 18.5 Å². The van der Waals surface area contributed by atoms with E-state index in [0.717, 1.165) is 4.90 Å². The van der Waals surface area contributed by atoms with Crippen LogP contribution in [0.4, 0.5) is 0 Å². The molecular weight excluding hydrogens is 318 g/mol. The molecule has 8 nitrogen and oxygen atoms in total. The minimum absolute atomic E-state index is 0.0932. The summed E-state index contributed by atoms with van der Waals surface area (Å²) in [5.41, 5.74) is 0.0932. The molecule has 0 spiro atoms. The van der Waals surface area contributed by atoms with Crippen LogP contribution in [0.15, 0.2) is 12.1 Å². The Morgan fingerprint density at radius 3 is 2.33 bits per heavy atom. The number of hydrogen-bond acceptors (Lipinski definition) is 7. The Kier molecular flexibility index (Phi) is 5.62. The van der Waals surface area contributed by atoms with Crippen molar-refractivity contribution in [1.29, 1.82) is 0 Å². The van der Waals surface area contributed by atoms with Crippen LogP contribution < -0.4 is 14.2 Å². The number of amides is 2. The zero-order valence-electron chi connectivity index (χ0n) is 13.8. The summed E-state index contributed by atoms with van der Waals surface area (Å²) in [6.07, 6.45) is 0.964. The molecule has 0 unspecified atom stereocenters. The summed E-state index contributed by atoms with van der Waals surface area (Å²) in [6.45, 7) is -0.156. The van der Waals surface area contributed by atoms with E-state index in [1.807, 2.05) is 0 Å². The molecule has 0 N–H and O–H groups in total. The number of rotatable bonds is 6. The van der Waals surface area contributed by atoms with Crippen LogP contribution in [0.1, 0.15) is 23.2 Å². The van der Waals surface area contributed by atoms with Crippen LogP contribution in [0.3, 0.4) is 0 Å². The smallest absolute Gasteiger partial charge is 0.342 e. The van der Waals surface area contributed by atoms with Crippen molar-refractivity contribution in [2.24, 2.45) is 0 Å². The molecule has 1 aromatic rings. The molecule has 1 aliphatic heterocycles. The molecule has 1 saturated heterocycles. The van der Waals surface area contributed by atoms with Gasteiger partial charge in [0, 0.05) is 13.0 Å². The molecule has 1 heterocycles. The molecule has 130 valence electrons. The fourth-order valence-corrected chi connectivity index (χ4v) is 2.46. The molecule has 24 heavy (non-hydrogen) atoms. The Morgan fingerprint density at radius 1 is 1.08 bits per heavy atom. The Morgan fingerprint density at radius 2 is 1.79 bits per heavy atom. The highest BCUT2D eigenvalue weighted by Gasteiger charge is 2.28.